The molecule has 142 valence electrons. The maximum Gasteiger partial charge on any atom is 0.163 e. The Morgan fingerprint density at radius 2 is 1.78 bits per heavy atom. The third-order valence-corrected chi connectivity index (χ3v) is 4.91. The van der Waals surface area contributed by atoms with Gasteiger partial charge in [0, 0.05) is 33.2 Å². The third-order valence-electron chi connectivity index (χ3n) is 4.91. The van der Waals surface area contributed by atoms with Crippen LogP contribution in [0.5, 0.6) is 0 Å². The Balaban J connectivity index is 1.38. The number of rotatable bonds is 5. The maximum absolute atomic E-state index is 5.81. The van der Waals surface area contributed by atoms with Gasteiger partial charge in [0.25, 0.3) is 0 Å². The van der Waals surface area contributed by atoms with Gasteiger partial charge in [0.05, 0.1) is 23.8 Å². The van der Waals surface area contributed by atoms with E-state index in [9.17, 15) is 0 Å². The molecule has 4 rings (SSSR count). The van der Waals surface area contributed by atoms with Gasteiger partial charge in [-0.15, -0.1) is 0 Å². The molecule has 0 saturated carbocycles. The molecule has 0 amide bonds. The summed E-state index contributed by atoms with van der Waals surface area (Å²) in [5, 5.41) is 8.59. The van der Waals surface area contributed by atoms with Crippen LogP contribution in [-0.2, 0) is 24.9 Å². The number of aryl methyl sites for hydroxylation is 1. The average Bonchev–Trinajstić information content (AvgIpc) is 3.02. The van der Waals surface area contributed by atoms with Crippen molar-refractivity contribution in [2.24, 2.45) is 7.05 Å². The van der Waals surface area contributed by atoms with Crippen LogP contribution in [0.1, 0.15) is 25.0 Å². The second kappa shape index (κ2) is 7.62. The molecule has 3 heterocycles. The van der Waals surface area contributed by atoms with Crippen molar-refractivity contribution in [1.82, 2.24) is 24.6 Å². The quantitative estimate of drug-likeness (QED) is 0.749. The number of aromatic nitrogens is 4. The topological polar surface area (TPSA) is 68.1 Å². The number of ether oxygens (including phenoxy) is 1. The first-order valence-corrected chi connectivity index (χ1v) is 9.40. The molecule has 1 saturated heterocycles. The molecular formula is C20H26N6O. The summed E-state index contributed by atoms with van der Waals surface area (Å²) in [6.45, 7) is 7.94. The number of hydrogen-bond acceptors (Lipinski definition) is 6. The molecule has 0 unspecified atom stereocenters. The Kier molecular flexibility index (Phi) is 5.05. The highest BCUT2D eigenvalue weighted by Crippen LogP contribution is 2.19. The molecule has 1 fully saturated rings. The Hall–Kier alpha value is -2.51. The van der Waals surface area contributed by atoms with Gasteiger partial charge in [-0.05, 0) is 25.0 Å². The van der Waals surface area contributed by atoms with Crippen molar-refractivity contribution in [3.63, 3.8) is 0 Å². The van der Waals surface area contributed by atoms with Gasteiger partial charge in [-0.3, -0.25) is 9.58 Å². The van der Waals surface area contributed by atoms with Gasteiger partial charge in [-0.25, -0.2) is 9.97 Å². The van der Waals surface area contributed by atoms with Gasteiger partial charge < -0.3 is 10.1 Å². The lowest BCUT2D eigenvalue weighted by atomic mass is 10.1. The van der Waals surface area contributed by atoms with E-state index < -0.39 is 0 Å². The van der Waals surface area contributed by atoms with Crippen LogP contribution in [-0.4, -0.2) is 49.9 Å². The summed E-state index contributed by atoms with van der Waals surface area (Å²) < 4.78 is 7.57. The molecule has 1 N–H and O–H groups in total. The van der Waals surface area contributed by atoms with Crippen molar-refractivity contribution in [2.75, 3.05) is 18.4 Å². The second-order valence-electron chi connectivity index (χ2n) is 7.35. The van der Waals surface area contributed by atoms with Crippen LogP contribution in [0.15, 0.2) is 36.8 Å². The number of nitrogens with zero attached hydrogens (tertiary/aromatic N) is 5. The van der Waals surface area contributed by atoms with E-state index in [1.807, 2.05) is 7.05 Å². The molecule has 0 radical (unpaired) electrons. The highest BCUT2D eigenvalue weighted by Gasteiger charge is 2.21. The van der Waals surface area contributed by atoms with Crippen LogP contribution in [0.2, 0.25) is 0 Å². The molecule has 7 heteroatoms. The molecule has 3 aromatic rings. The summed E-state index contributed by atoms with van der Waals surface area (Å²) in [5.74, 6) is 0.813. The van der Waals surface area contributed by atoms with Crippen molar-refractivity contribution >= 4 is 16.9 Å². The zero-order valence-corrected chi connectivity index (χ0v) is 16.1. The number of anilines is 1. The van der Waals surface area contributed by atoms with Gasteiger partial charge in [0.15, 0.2) is 5.65 Å². The average molecular weight is 366 g/mol. The molecule has 0 aliphatic carbocycles. The molecule has 1 aliphatic rings. The second-order valence-corrected chi connectivity index (χ2v) is 7.35. The van der Waals surface area contributed by atoms with Crippen LogP contribution in [0.25, 0.3) is 11.0 Å². The zero-order chi connectivity index (χ0) is 18.8. The van der Waals surface area contributed by atoms with Crippen LogP contribution >= 0.6 is 0 Å². The van der Waals surface area contributed by atoms with Crippen LogP contribution < -0.4 is 5.32 Å². The summed E-state index contributed by atoms with van der Waals surface area (Å²) in [6, 6.07) is 8.78. The zero-order valence-electron chi connectivity index (χ0n) is 16.1. The van der Waals surface area contributed by atoms with Crippen LogP contribution in [0.4, 0.5) is 5.82 Å². The van der Waals surface area contributed by atoms with Crippen molar-refractivity contribution in [1.29, 1.82) is 0 Å². The van der Waals surface area contributed by atoms with Gasteiger partial charge in [-0.1, -0.05) is 24.3 Å². The predicted octanol–water partition coefficient (Wildman–Crippen LogP) is 2.58. The smallest absolute Gasteiger partial charge is 0.163 e. The van der Waals surface area contributed by atoms with Crippen molar-refractivity contribution in [3.8, 4) is 0 Å². The lowest BCUT2D eigenvalue weighted by Crippen LogP contribution is -2.44. The fraction of sp³-hybridized carbons (Fsp3) is 0.450. The lowest BCUT2D eigenvalue weighted by Gasteiger charge is -2.35. The summed E-state index contributed by atoms with van der Waals surface area (Å²) in [6.07, 6.45) is 3.97. The molecule has 27 heavy (non-hydrogen) atoms. The summed E-state index contributed by atoms with van der Waals surface area (Å²) in [5.41, 5.74) is 3.38. The fourth-order valence-corrected chi connectivity index (χ4v) is 3.72. The first-order chi connectivity index (χ1) is 13.1. The largest absolute Gasteiger partial charge is 0.373 e. The number of benzene rings is 1. The van der Waals surface area contributed by atoms with Crippen molar-refractivity contribution in [2.45, 2.75) is 39.1 Å². The van der Waals surface area contributed by atoms with Gasteiger partial charge in [-0.2, -0.15) is 5.10 Å². The van der Waals surface area contributed by atoms with Crippen LogP contribution in [0, 0.1) is 0 Å². The normalized spacial score (nSPS) is 20.9. The van der Waals surface area contributed by atoms with E-state index in [2.05, 4.69) is 63.4 Å². The van der Waals surface area contributed by atoms with E-state index in [4.69, 9.17) is 4.74 Å². The Morgan fingerprint density at radius 3 is 2.52 bits per heavy atom. The van der Waals surface area contributed by atoms with Crippen molar-refractivity contribution in [3.05, 3.63) is 47.9 Å². The van der Waals surface area contributed by atoms with E-state index in [-0.39, 0.29) is 0 Å². The number of fused-ring (bicyclic) bond motifs is 1. The monoisotopic (exact) mass is 366 g/mol. The highest BCUT2D eigenvalue weighted by molar-refractivity contribution is 5.85. The molecule has 1 aliphatic heterocycles. The number of hydrogen-bond donors (Lipinski definition) is 1. The molecule has 2 aromatic heterocycles. The third kappa shape index (κ3) is 4.09. The van der Waals surface area contributed by atoms with Crippen LogP contribution in [0.3, 0.4) is 0 Å². The standard InChI is InChI=1S/C20H26N6O/c1-14-10-26(11-15(2)27-14)12-17-6-4-16(5-7-17)8-21-19-18-9-24-25(3)20(18)23-13-22-19/h4-7,9,13-15H,8,10-12H2,1-3H3,(H,21,22,23)/t14-,15-/m0/s1. The maximum atomic E-state index is 5.81. The van der Waals surface area contributed by atoms with E-state index in [0.29, 0.717) is 18.8 Å². The molecule has 2 atom stereocenters. The lowest BCUT2D eigenvalue weighted by molar-refractivity contribution is -0.0704. The Morgan fingerprint density at radius 1 is 1.07 bits per heavy atom. The van der Waals surface area contributed by atoms with Gasteiger partial charge in [0.1, 0.15) is 12.1 Å². The van der Waals surface area contributed by atoms with E-state index in [0.717, 1.165) is 36.5 Å². The predicted molar refractivity (Wildman–Crippen MR) is 105 cm³/mol. The first-order valence-electron chi connectivity index (χ1n) is 9.40. The summed E-state index contributed by atoms with van der Waals surface area (Å²) in [4.78, 5) is 11.1. The van der Waals surface area contributed by atoms with Gasteiger partial charge >= 0.3 is 0 Å². The minimum atomic E-state index is 0.300. The highest BCUT2D eigenvalue weighted by atomic mass is 16.5. The fourth-order valence-electron chi connectivity index (χ4n) is 3.72. The van der Waals surface area contributed by atoms with Crippen molar-refractivity contribution < 1.29 is 4.74 Å². The first kappa shape index (κ1) is 17.9. The number of nitrogens with one attached hydrogen (secondary N) is 1. The summed E-state index contributed by atoms with van der Waals surface area (Å²) in [7, 11) is 1.88. The molecule has 1 aromatic carbocycles. The molecule has 0 bridgehead atoms. The molecule has 0 spiro atoms. The Labute approximate surface area is 159 Å². The SMILES string of the molecule is C[C@H]1CN(Cc2ccc(CNc3ncnc4c3cnn4C)cc2)C[C@H](C)O1. The van der Waals surface area contributed by atoms with E-state index in [1.54, 1.807) is 17.2 Å². The van der Waals surface area contributed by atoms with Gasteiger partial charge in [0.2, 0.25) is 0 Å². The molecule has 7 nitrogen and oxygen atoms in total. The molecular weight excluding hydrogens is 340 g/mol. The Bertz CT molecular complexity index is 896. The van der Waals surface area contributed by atoms with E-state index >= 15 is 0 Å². The summed E-state index contributed by atoms with van der Waals surface area (Å²) >= 11 is 0. The van der Waals surface area contributed by atoms with E-state index in [1.165, 1.54) is 11.1 Å². The number of morpholine rings is 1. The minimum absolute atomic E-state index is 0.300. The minimum Gasteiger partial charge on any atom is -0.373 e.